The minimum atomic E-state index is -0.862. The molecule has 84 valence electrons. The van der Waals surface area contributed by atoms with Crippen LogP contribution in [0.4, 0.5) is 0 Å². The van der Waals surface area contributed by atoms with E-state index in [0.29, 0.717) is 23.5 Å². The number of ether oxygens (including phenoxy) is 2. The second-order valence-corrected chi connectivity index (χ2v) is 3.53. The van der Waals surface area contributed by atoms with Gasteiger partial charge in [0.05, 0.1) is 5.92 Å². The fraction of sp³-hybridized carbons (Fsp3) is 0.250. The molecule has 1 atom stereocenters. The molecule has 0 saturated carbocycles. The van der Waals surface area contributed by atoms with Gasteiger partial charge in [-0.05, 0) is 24.1 Å². The Labute approximate surface area is 93.1 Å². The Balaban J connectivity index is 2.31. The molecule has 1 aliphatic heterocycles. The number of aliphatic carboxylic acids is 1. The molecular weight excluding hydrogens is 208 g/mol. The molecule has 1 heterocycles. The quantitative estimate of drug-likeness (QED) is 0.790. The maximum absolute atomic E-state index is 11.1. The summed E-state index contributed by atoms with van der Waals surface area (Å²) >= 11 is 0. The summed E-state index contributed by atoms with van der Waals surface area (Å²) in [4.78, 5) is 11.1. The maximum atomic E-state index is 11.1. The molecule has 0 spiro atoms. The molecule has 0 saturated heterocycles. The van der Waals surface area contributed by atoms with Gasteiger partial charge < -0.3 is 14.6 Å². The molecule has 0 aliphatic carbocycles. The van der Waals surface area contributed by atoms with E-state index in [9.17, 15) is 4.79 Å². The van der Waals surface area contributed by atoms with E-state index in [4.69, 9.17) is 14.6 Å². The third kappa shape index (κ3) is 1.86. The van der Waals surface area contributed by atoms with Gasteiger partial charge in [-0.2, -0.15) is 0 Å². The zero-order valence-electron chi connectivity index (χ0n) is 8.68. The van der Waals surface area contributed by atoms with Crippen LogP contribution < -0.4 is 9.47 Å². The molecule has 1 aromatic carbocycles. The third-order valence-corrected chi connectivity index (χ3v) is 2.50. The molecule has 2 rings (SSSR count). The number of carboxylic acid groups (broad SMARTS) is 1. The van der Waals surface area contributed by atoms with Crippen molar-refractivity contribution in [2.45, 2.75) is 12.3 Å². The first kappa shape index (κ1) is 10.5. The Kier molecular flexibility index (Phi) is 2.81. The molecule has 0 radical (unpaired) electrons. The van der Waals surface area contributed by atoms with Crippen LogP contribution in [0.3, 0.4) is 0 Å². The van der Waals surface area contributed by atoms with Crippen molar-refractivity contribution in [1.29, 1.82) is 0 Å². The molecule has 0 aromatic heterocycles. The summed E-state index contributed by atoms with van der Waals surface area (Å²) in [5.41, 5.74) is 0.705. The topological polar surface area (TPSA) is 55.8 Å². The molecule has 4 heteroatoms. The van der Waals surface area contributed by atoms with E-state index < -0.39 is 11.9 Å². The summed E-state index contributed by atoms with van der Waals surface area (Å²) in [6.45, 7) is 3.75. The first-order valence-electron chi connectivity index (χ1n) is 4.95. The van der Waals surface area contributed by atoms with Crippen LogP contribution in [0.2, 0.25) is 0 Å². The molecule has 0 fully saturated rings. The van der Waals surface area contributed by atoms with Crippen LogP contribution in [0.25, 0.3) is 0 Å². The van der Waals surface area contributed by atoms with E-state index >= 15 is 0 Å². The summed E-state index contributed by atoms with van der Waals surface area (Å²) in [5, 5.41) is 9.09. The van der Waals surface area contributed by atoms with Gasteiger partial charge in [-0.15, -0.1) is 6.58 Å². The molecule has 1 aliphatic rings. The Morgan fingerprint density at radius 1 is 1.50 bits per heavy atom. The van der Waals surface area contributed by atoms with Crippen molar-refractivity contribution < 1.29 is 19.4 Å². The van der Waals surface area contributed by atoms with Gasteiger partial charge in [0.25, 0.3) is 0 Å². The van der Waals surface area contributed by atoms with Gasteiger partial charge >= 0.3 is 5.97 Å². The molecule has 0 unspecified atom stereocenters. The van der Waals surface area contributed by atoms with Crippen molar-refractivity contribution in [3.8, 4) is 11.5 Å². The second kappa shape index (κ2) is 4.26. The Hall–Kier alpha value is -1.97. The molecule has 0 bridgehead atoms. The number of carbonyl (C=O) groups is 1. The summed E-state index contributed by atoms with van der Waals surface area (Å²) in [5.74, 6) is -0.176. The minimum Gasteiger partial charge on any atom is -0.481 e. The van der Waals surface area contributed by atoms with Crippen LogP contribution in [-0.4, -0.2) is 17.9 Å². The normalized spacial score (nSPS) is 14.5. The first-order chi connectivity index (χ1) is 7.72. The van der Waals surface area contributed by atoms with Gasteiger partial charge in [-0.25, -0.2) is 0 Å². The number of benzene rings is 1. The van der Waals surface area contributed by atoms with E-state index in [1.807, 2.05) is 0 Å². The van der Waals surface area contributed by atoms with Gasteiger partial charge in [0.2, 0.25) is 6.79 Å². The van der Waals surface area contributed by atoms with Crippen LogP contribution in [0, 0.1) is 0 Å². The van der Waals surface area contributed by atoms with Crippen LogP contribution in [0.15, 0.2) is 30.9 Å². The highest BCUT2D eigenvalue weighted by Crippen LogP contribution is 2.35. The highest BCUT2D eigenvalue weighted by Gasteiger charge is 2.21. The molecule has 1 aromatic rings. The Bertz CT molecular complexity index is 425. The summed E-state index contributed by atoms with van der Waals surface area (Å²) < 4.78 is 10.4. The van der Waals surface area contributed by atoms with Crippen molar-refractivity contribution in [1.82, 2.24) is 0 Å². The van der Waals surface area contributed by atoms with E-state index in [1.165, 1.54) is 0 Å². The predicted molar refractivity (Wildman–Crippen MR) is 57.8 cm³/mol. The van der Waals surface area contributed by atoms with E-state index in [1.54, 1.807) is 24.3 Å². The fourth-order valence-electron chi connectivity index (χ4n) is 1.68. The van der Waals surface area contributed by atoms with Crippen molar-refractivity contribution in [3.63, 3.8) is 0 Å². The van der Waals surface area contributed by atoms with Gasteiger partial charge in [-0.1, -0.05) is 12.1 Å². The molecule has 16 heavy (non-hydrogen) atoms. The van der Waals surface area contributed by atoms with Gasteiger partial charge in [0, 0.05) is 0 Å². The highest BCUT2D eigenvalue weighted by molar-refractivity contribution is 5.76. The standard InChI is InChI=1S/C12H12O4/c1-2-3-9(12(13)14)8-4-5-10-11(6-8)16-7-15-10/h2,4-6,9H,1,3,7H2,(H,13,14)/t9-/m0/s1. The highest BCUT2D eigenvalue weighted by atomic mass is 16.7. The second-order valence-electron chi connectivity index (χ2n) is 3.53. The number of hydrogen-bond donors (Lipinski definition) is 1. The lowest BCUT2D eigenvalue weighted by atomic mass is 9.95. The van der Waals surface area contributed by atoms with Crippen LogP contribution in [0.1, 0.15) is 17.9 Å². The predicted octanol–water partition coefficient (Wildman–Crippen LogP) is 2.16. The fourth-order valence-corrected chi connectivity index (χ4v) is 1.68. The smallest absolute Gasteiger partial charge is 0.311 e. The first-order valence-corrected chi connectivity index (χ1v) is 4.95. The average Bonchev–Trinajstić information content (AvgIpc) is 2.72. The third-order valence-electron chi connectivity index (χ3n) is 2.50. The van der Waals surface area contributed by atoms with Crippen molar-refractivity contribution in [2.24, 2.45) is 0 Å². The van der Waals surface area contributed by atoms with Crippen molar-refractivity contribution in [2.75, 3.05) is 6.79 Å². The SMILES string of the molecule is C=CC[C@H](C(=O)O)c1ccc2c(c1)OCO2. The van der Waals surface area contributed by atoms with E-state index in [-0.39, 0.29) is 6.79 Å². The lowest BCUT2D eigenvalue weighted by Gasteiger charge is -2.10. The largest absolute Gasteiger partial charge is 0.481 e. The average molecular weight is 220 g/mol. The number of fused-ring (bicyclic) bond motifs is 1. The summed E-state index contributed by atoms with van der Waals surface area (Å²) in [7, 11) is 0. The molecule has 1 N–H and O–H groups in total. The van der Waals surface area contributed by atoms with Crippen molar-refractivity contribution >= 4 is 5.97 Å². The van der Waals surface area contributed by atoms with Crippen LogP contribution >= 0.6 is 0 Å². The van der Waals surface area contributed by atoms with Crippen LogP contribution in [0.5, 0.6) is 11.5 Å². The zero-order chi connectivity index (χ0) is 11.5. The Morgan fingerprint density at radius 3 is 2.94 bits per heavy atom. The van der Waals surface area contributed by atoms with E-state index in [0.717, 1.165) is 0 Å². The number of carboxylic acids is 1. The molecular formula is C12H12O4. The van der Waals surface area contributed by atoms with Gasteiger partial charge in [0.15, 0.2) is 11.5 Å². The Morgan fingerprint density at radius 2 is 2.25 bits per heavy atom. The van der Waals surface area contributed by atoms with E-state index in [2.05, 4.69) is 6.58 Å². The minimum absolute atomic E-state index is 0.192. The lowest BCUT2D eigenvalue weighted by Crippen LogP contribution is -2.10. The molecule has 0 amide bonds. The van der Waals surface area contributed by atoms with Crippen LogP contribution in [-0.2, 0) is 4.79 Å². The zero-order valence-corrected chi connectivity index (χ0v) is 8.68. The summed E-state index contributed by atoms with van der Waals surface area (Å²) in [6, 6.07) is 5.19. The number of hydrogen-bond acceptors (Lipinski definition) is 3. The number of allylic oxidation sites excluding steroid dienone is 1. The number of rotatable bonds is 4. The van der Waals surface area contributed by atoms with Crippen molar-refractivity contribution in [3.05, 3.63) is 36.4 Å². The molecule has 4 nitrogen and oxygen atoms in total. The van der Waals surface area contributed by atoms with Gasteiger partial charge in [0.1, 0.15) is 0 Å². The maximum Gasteiger partial charge on any atom is 0.311 e. The van der Waals surface area contributed by atoms with Gasteiger partial charge in [-0.3, -0.25) is 4.79 Å². The monoisotopic (exact) mass is 220 g/mol. The lowest BCUT2D eigenvalue weighted by molar-refractivity contribution is -0.138. The summed E-state index contributed by atoms with van der Waals surface area (Å²) in [6.07, 6.45) is 2.00.